The van der Waals surface area contributed by atoms with Crippen LogP contribution in [-0.2, 0) is 6.42 Å². The van der Waals surface area contributed by atoms with E-state index in [0.717, 1.165) is 29.2 Å². The lowest BCUT2D eigenvalue weighted by Gasteiger charge is -2.36. The molecule has 0 amide bonds. The first-order valence-electron chi connectivity index (χ1n) is 6.64. The number of nitrogens with one attached hydrogen (secondary N) is 2. The Bertz CT molecular complexity index is 503. The molecular formula is C14H17BrN4. The maximum Gasteiger partial charge on any atom is 0.137 e. The summed E-state index contributed by atoms with van der Waals surface area (Å²) in [5, 5.41) is 10.3. The standard InChI is InChI=1S/C14H17BrN4/c15-12-3-1-10(2-4-12)11-7-13(8-11)16-6-5-14-17-9-18-19-14/h1-4,9,11,13,16H,5-8H2,(H,17,18,19). The number of benzene rings is 1. The summed E-state index contributed by atoms with van der Waals surface area (Å²) >= 11 is 3.47. The van der Waals surface area contributed by atoms with Crippen molar-refractivity contribution >= 4 is 15.9 Å². The number of hydrogen-bond donors (Lipinski definition) is 2. The van der Waals surface area contributed by atoms with E-state index >= 15 is 0 Å². The van der Waals surface area contributed by atoms with Gasteiger partial charge in [0.2, 0.25) is 0 Å². The van der Waals surface area contributed by atoms with Crippen LogP contribution in [0.2, 0.25) is 0 Å². The van der Waals surface area contributed by atoms with Crippen molar-refractivity contribution in [1.29, 1.82) is 0 Å². The molecule has 1 aromatic heterocycles. The van der Waals surface area contributed by atoms with Crippen molar-refractivity contribution in [2.24, 2.45) is 0 Å². The Kier molecular flexibility index (Phi) is 3.94. The molecule has 2 aromatic rings. The van der Waals surface area contributed by atoms with Crippen LogP contribution in [0.25, 0.3) is 0 Å². The Morgan fingerprint density at radius 2 is 2.05 bits per heavy atom. The van der Waals surface area contributed by atoms with E-state index in [0.29, 0.717) is 6.04 Å². The molecule has 0 atom stereocenters. The van der Waals surface area contributed by atoms with Gasteiger partial charge in [-0.15, -0.1) is 0 Å². The monoisotopic (exact) mass is 320 g/mol. The molecule has 100 valence electrons. The molecule has 1 aliphatic carbocycles. The number of rotatable bonds is 5. The zero-order valence-corrected chi connectivity index (χ0v) is 12.2. The third kappa shape index (κ3) is 3.22. The van der Waals surface area contributed by atoms with Crippen molar-refractivity contribution in [1.82, 2.24) is 20.5 Å². The van der Waals surface area contributed by atoms with Crippen molar-refractivity contribution in [2.45, 2.75) is 31.2 Å². The fraction of sp³-hybridized carbons (Fsp3) is 0.429. The van der Waals surface area contributed by atoms with Gasteiger partial charge in [-0.1, -0.05) is 28.1 Å². The number of hydrogen-bond acceptors (Lipinski definition) is 3. The predicted molar refractivity (Wildman–Crippen MR) is 78.0 cm³/mol. The highest BCUT2D eigenvalue weighted by atomic mass is 79.9. The van der Waals surface area contributed by atoms with Crippen molar-refractivity contribution in [3.63, 3.8) is 0 Å². The summed E-state index contributed by atoms with van der Waals surface area (Å²) < 4.78 is 1.15. The molecule has 1 fully saturated rings. The van der Waals surface area contributed by atoms with Crippen LogP contribution < -0.4 is 5.32 Å². The molecule has 5 heteroatoms. The Morgan fingerprint density at radius 3 is 2.74 bits per heavy atom. The van der Waals surface area contributed by atoms with Gasteiger partial charge in [-0.25, -0.2) is 4.98 Å². The second kappa shape index (κ2) is 5.84. The number of aromatic amines is 1. The second-order valence-electron chi connectivity index (χ2n) is 5.05. The van der Waals surface area contributed by atoms with Crippen LogP contribution >= 0.6 is 15.9 Å². The molecule has 1 aromatic carbocycles. The van der Waals surface area contributed by atoms with E-state index in [-0.39, 0.29) is 0 Å². The molecule has 1 aliphatic rings. The molecule has 0 bridgehead atoms. The molecule has 4 nitrogen and oxygen atoms in total. The van der Waals surface area contributed by atoms with Crippen LogP contribution in [-0.4, -0.2) is 27.8 Å². The topological polar surface area (TPSA) is 53.6 Å². The maximum absolute atomic E-state index is 4.12. The fourth-order valence-corrected chi connectivity index (χ4v) is 2.80. The molecular weight excluding hydrogens is 304 g/mol. The van der Waals surface area contributed by atoms with Gasteiger partial charge in [0.15, 0.2) is 0 Å². The number of aromatic nitrogens is 3. The van der Waals surface area contributed by atoms with Gasteiger partial charge in [-0.2, -0.15) is 5.10 Å². The van der Waals surface area contributed by atoms with Crippen LogP contribution in [0, 0.1) is 0 Å². The Hall–Kier alpha value is -1.20. The van der Waals surface area contributed by atoms with Gasteiger partial charge < -0.3 is 5.32 Å². The first-order chi connectivity index (χ1) is 9.31. The largest absolute Gasteiger partial charge is 0.313 e. The lowest BCUT2D eigenvalue weighted by Crippen LogP contribution is -2.41. The van der Waals surface area contributed by atoms with E-state index < -0.39 is 0 Å². The highest BCUT2D eigenvalue weighted by Crippen LogP contribution is 2.37. The third-order valence-electron chi connectivity index (χ3n) is 3.74. The summed E-state index contributed by atoms with van der Waals surface area (Å²) in [7, 11) is 0. The Labute approximate surface area is 121 Å². The average Bonchev–Trinajstić information content (AvgIpc) is 2.87. The van der Waals surface area contributed by atoms with Gasteiger partial charge in [-0.05, 0) is 36.5 Å². The van der Waals surface area contributed by atoms with E-state index in [9.17, 15) is 0 Å². The molecule has 2 N–H and O–H groups in total. The minimum Gasteiger partial charge on any atom is -0.313 e. The molecule has 3 rings (SSSR count). The third-order valence-corrected chi connectivity index (χ3v) is 4.27. The number of halogens is 1. The van der Waals surface area contributed by atoms with Crippen molar-refractivity contribution < 1.29 is 0 Å². The normalized spacial score (nSPS) is 22.2. The first kappa shape index (κ1) is 12.8. The maximum atomic E-state index is 4.12. The molecule has 0 saturated heterocycles. The van der Waals surface area contributed by atoms with Crippen molar-refractivity contribution in [3.8, 4) is 0 Å². The van der Waals surface area contributed by atoms with Crippen LogP contribution in [0.15, 0.2) is 35.1 Å². The van der Waals surface area contributed by atoms with Gasteiger partial charge in [0.25, 0.3) is 0 Å². The van der Waals surface area contributed by atoms with Gasteiger partial charge >= 0.3 is 0 Å². The summed E-state index contributed by atoms with van der Waals surface area (Å²) in [6.45, 7) is 0.965. The van der Waals surface area contributed by atoms with Gasteiger partial charge in [0.1, 0.15) is 12.2 Å². The fourth-order valence-electron chi connectivity index (χ4n) is 2.54. The lowest BCUT2D eigenvalue weighted by atomic mass is 9.76. The molecule has 0 unspecified atom stereocenters. The molecule has 0 spiro atoms. The molecule has 19 heavy (non-hydrogen) atoms. The minimum absolute atomic E-state index is 0.650. The first-order valence-corrected chi connectivity index (χ1v) is 7.43. The van der Waals surface area contributed by atoms with E-state index in [1.165, 1.54) is 18.4 Å². The molecule has 1 heterocycles. The SMILES string of the molecule is Brc1ccc(C2CC(NCCc3ncn[nH]3)C2)cc1. The van der Waals surface area contributed by atoms with Crippen LogP contribution in [0.1, 0.15) is 30.1 Å². The molecule has 0 aliphatic heterocycles. The van der Waals surface area contributed by atoms with Gasteiger partial charge in [-0.3, -0.25) is 5.10 Å². The highest BCUT2D eigenvalue weighted by Gasteiger charge is 2.29. The zero-order chi connectivity index (χ0) is 13.1. The van der Waals surface area contributed by atoms with Gasteiger partial charge in [0, 0.05) is 23.5 Å². The summed E-state index contributed by atoms with van der Waals surface area (Å²) in [6, 6.07) is 9.34. The van der Waals surface area contributed by atoms with E-state index in [4.69, 9.17) is 0 Å². The van der Waals surface area contributed by atoms with Crippen LogP contribution in [0.3, 0.4) is 0 Å². The second-order valence-corrected chi connectivity index (χ2v) is 5.97. The van der Waals surface area contributed by atoms with E-state index in [2.05, 4.69) is 60.7 Å². The summed E-state index contributed by atoms with van der Waals surface area (Å²) in [5.41, 5.74) is 1.46. The van der Waals surface area contributed by atoms with Crippen LogP contribution in [0.4, 0.5) is 0 Å². The minimum atomic E-state index is 0.650. The zero-order valence-electron chi connectivity index (χ0n) is 10.6. The van der Waals surface area contributed by atoms with E-state index in [1.54, 1.807) is 6.33 Å². The van der Waals surface area contributed by atoms with Crippen molar-refractivity contribution in [2.75, 3.05) is 6.54 Å². The summed E-state index contributed by atoms with van der Waals surface area (Å²) in [5.74, 6) is 1.67. The smallest absolute Gasteiger partial charge is 0.137 e. The molecule has 0 radical (unpaired) electrons. The Balaban J connectivity index is 1.39. The Morgan fingerprint density at radius 1 is 1.26 bits per heavy atom. The summed E-state index contributed by atoms with van der Waals surface area (Å²) in [6.07, 6.45) is 4.94. The van der Waals surface area contributed by atoms with E-state index in [1.807, 2.05) is 0 Å². The average molecular weight is 321 g/mol. The van der Waals surface area contributed by atoms with Gasteiger partial charge in [0.05, 0.1) is 0 Å². The van der Waals surface area contributed by atoms with Crippen LogP contribution in [0.5, 0.6) is 0 Å². The number of H-pyrrole nitrogens is 1. The highest BCUT2D eigenvalue weighted by molar-refractivity contribution is 9.10. The summed E-state index contributed by atoms with van der Waals surface area (Å²) in [4.78, 5) is 4.12. The number of nitrogens with zero attached hydrogens (tertiary/aromatic N) is 2. The van der Waals surface area contributed by atoms with Crippen molar-refractivity contribution in [3.05, 3.63) is 46.5 Å². The molecule has 1 saturated carbocycles. The lowest BCUT2D eigenvalue weighted by molar-refractivity contribution is 0.292. The quantitative estimate of drug-likeness (QED) is 0.890. The predicted octanol–water partition coefficient (Wildman–Crippen LogP) is 2.65.